The third-order valence-electron chi connectivity index (χ3n) is 2.91. The molecule has 0 fully saturated rings. The van der Waals surface area contributed by atoms with E-state index in [-0.39, 0.29) is 17.1 Å². The number of ether oxygens (including phenoxy) is 2. The zero-order valence-corrected chi connectivity index (χ0v) is 11.2. The lowest BCUT2D eigenvalue weighted by Gasteiger charge is -2.24. The van der Waals surface area contributed by atoms with E-state index in [0.29, 0.717) is 5.56 Å². The van der Waals surface area contributed by atoms with E-state index in [2.05, 4.69) is 0 Å². The number of esters is 1. The zero-order valence-electron chi connectivity index (χ0n) is 11.2. The lowest BCUT2D eigenvalue weighted by molar-refractivity contribution is -0.384. The van der Waals surface area contributed by atoms with Gasteiger partial charge in [-0.1, -0.05) is 0 Å². The van der Waals surface area contributed by atoms with Crippen LogP contribution in [-0.2, 0) is 14.9 Å². The molecule has 0 bridgehead atoms. The lowest BCUT2D eigenvalue weighted by atomic mass is 9.83. The molecule has 1 aromatic carbocycles. The van der Waals surface area contributed by atoms with E-state index in [4.69, 9.17) is 15.2 Å². The number of carbonyl (C=O) groups excluding carboxylic acids is 1. The van der Waals surface area contributed by atoms with Crippen LogP contribution in [0.15, 0.2) is 12.1 Å². The summed E-state index contributed by atoms with van der Waals surface area (Å²) >= 11 is 0. The van der Waals surface area contributed by atoms with Crippen LogP contribution in [0.4, 0.5) is 11.4 Å². The van der Waals surface area contributed by atoms with Gasteiger partial charge in [-0.25, -0.2) is 0 Å². The first-order valence-corrected chi connectivity index (χ1v) is 5.46. The average molecular weight is 268 g/mol. The maximum atomic E-state index is 11.8. The Morgan fingerprint density at radius 3 is 2.37 bits per heavy atom. The summed E-state index contributed by atoms with van der Waals surface area (Å²) in [4.78, 5) is 22.0. The minimum atomic E-state index is -1.02. The number of nitrogen functional groups attached to an aromatic ring is 1. The fraction of sp³-hybridized carbons (Fsp3) is 0.417. The Morgan fingerprint density at radius 1 is 1.37 bits per heavy atom. The standard InChI is InChI=1S/C12H16N2O5/c1-12(2,11(15)19-4)7-5-8(13)9(14(16)17)6-10(7)18-3/h5-6H,13H2,1-4H3. The lowest BCUT2D eigenvalue weighted by Crippen LogP contribution is -2.30. The summed E-state index contributed by atoms with van der Waals surface area (Å²) in [5.41, 5.74) is 4.75. The van der Waals surface area contributed by atoms with Crippen LogP contribution in [0.25, 0.3) is 0 Å². The van der Waals surface area contributed by atoms with Crippen LogP contribution < -0.4 is 10.5 Å². The van der Waals surface area contributed by atoms with Crippen molar-refractivity contribution >= 4 is 17.3 Å². The number of rotatable bonds is 4. The van der Waals surface area contributed by atoms with Gasteiger partial charge < -0.3 is 15.2 Å². The van der Waals surface area contributed by atoms with Gasteiger partial charge in [-0.05, 0) is 19.9 Å². The van der Waals surface area contributed by atoms with E-state index in [0.717, 1.165) is 0 Å². The Bertz CT molecular complexity index is 525. The van der Waals surface area contributed by atoms with E-state index in [1.807, 2.05) is 0 Å². The zero-order chi connectivity index (χ0) is 14.8. The van der Waals surface area contributed by atoms with Crippen molar-refractivity contribution in [3.05, 3.63) is 27.8 Å². The summed E-state index contributed by atoms with van der Waals surface area (Å²) in [6.45, 7) is 3.25. The predicted octanol–water partition coefficient (Wildman–Crippen LogP) is 1.64. The maximum absolute atomic E-state index is 11.8. The number of nitrogens with two attached hydrogens (primary N) is 1. The highest BCUT2D eigenvalue weighted by Crippen LogP contribution is 2.38. The van der Waals surface area contributed by atoms with Crippen molar-refractivity contribution < 1.29 is 19.2 Å². The molecule has 0 unspecified atom stereocenters. The van der Waals surface area contributed by atoms with Gasteiger partial charge in [0.1, 0.15) is 11.4 Å². The fourth-order valence-electron chi connectivity index (χ4n) is 1.77. The minimum Gasteiger partial charge on any atom is -0.496 e. The molecule has 1 aromatic rings. The Hall–Kier alpha value is -2.31. The Labute approximate surface area is 110 Å². The normalized spacial score (nSPS) is 10.9. The minimum absolute atomic E-state index is 0.0298. The molecule has 0 saturated heterocycles. The van der Waals surface area contributed by atoms with Gasteiger partial charge in [0, 0.05) is 5.56 Å². The van der Waals surface area contributed by atoms with E-state index < -0.39 is 16.3 Å². The second-order valence-corrected chi connectivity index (χ2v) is 4.48. The molecule has 0 aliphatic heterocycles. The smallest absolute Gasteiger partial charge is 0.315 e. The van der Waals surface area contributed by atoms with Crippen LogP contribution in [0.2, 0.25) is 0 Å². The van der Waals surface area contributed by atoms with Crippen molar-refractivity contribution in [1.82, 2.24) is 0 Å². The number of benzene rings is 1. The van der Waals surface area contributed by atoms with Crippen molar-refractivity contribution in [3.8, 4) is 5.75 Å². The Balaban J connectivity index is 3.48. The van der Waals surface area contributed by atoms with E-state index in [9.17, 15) is 14.9 Å². The summed E-state index contributed by atoms with van der Waals surface area (Å²) in [5.74, 6) is -0.268. The number of methoxy groups -OCH3 is 2. The molecule has 0 spiro atoms. The third-order valence-corrected chi connectivity index (χ3v) is 2.91. The first-order chi connectivity index (χ1) is 8.75. The van der Waals surface area contributed by atoms with E-state index in [1.54, 1.807) is 13.8 Å². The Morgan fingerprint density at radius 2 is 1.95 bits per heavy atom. The van der Waals surface area contributed by atoms with Gasteiger partial charge in [0.2, 0.25) is 0 Å². The number of nitro groups is 1. The number of carbonyl (C=O) groups is 1. The molecule has 0 atom stereocenters. The van der Waals surface area contributed by atoms with Gasteiger partial charge in [-0.3, -0.25) is 14.9 Å². The molecule has 1 rings (SSSR count). The third kappa shape index (κ3) is 2.59. The monoisotopic (exact) mass is 268 g/mol. The molecule has 104 valence electrons. The molecule has 0 aliphatic carbocycles. The average Bonchev–Trinajstić information content (AvgIpc) is 2.36. The number of hydrogen-bond donors (Lipinski definition) is 1. The summed E-state index contributed by atoms with van der Waals surface area (Å²) in [6.07, 6.45) is 0. The molecule has 0 saturated carbocycles. The van der Waals surface area contributed by atoms with Gasteiger partial charge in [0.05, 0.1) is 30.6 Å². The fourth-order valence-corrected chi connectivity index (χ4v) is 1.77. The predicted molar refractivity (Wildman–Crippen MR) is 69.1 cm³/mol. The number of nitro benzene ring substituents is 1. The van der Waals surface area contributed by atoms with Crippen LogP contribution in [0, 0.1) is 10.1 Å². The van der Waals surface area contributed by atoms with Crippen molar-refractivity contribution in [2.24, 2.45) is 0 Å². The second-order valence-electron chi connectivity index (χ2n) is 4.48. The first kappa shape index (κ1) is 14.7. The van der Waals surface area contributed by atoms with Crippen LogP contribution in [0.3, 0.4) is 0 Å². The highest BCUT2D eigenvalue weighted by Gasteiger charge is 2.35. The summed E-state index contributed by atoms with van der Waals surface area (Å²) in [5, 5.41) is 10.8. The topological polar surface area (TPSA) is 105 Å². The molecule has 2 N–H and O–H groups in total. The molecule has 0 radical (unpaired) electrons. The van der Waals surface area contributed by atoms with Gasteiger partial charge in [-0.15, -0.1) is 0 Å². The van der Waals surface area contributed by atoms with Crippen LogP contribution in [0.5, 0.6) is 5.75 Å². The highest BCUT2D eigenvalue weighted by atomic mass is 16.6. The molecule has 0 amide bonds. The van der Waals surface area contributed by atoms with Crippen molar-refractivity contribution in [2.45, 2.75) is 19.3 Å². The molecule has 19 heavy (non-hydrogen) atoms. The van der Waals surface area contributed by atoms with Crippen LogP contribution in [-0.4, -0.2) is 25.1 Å². The highest BCUT2D eigenvalue weighted by molar-refractivity contribution is 5.84. The molecular formula is C12H16N2O5. The van der Waals surface area contributed by atoms with Gasteiger partial charge in [0.25, 0.3) is 5.69 Å². The number of anilines is 1. The SMILES string of the molecule is COC(=O)C(C)(C)c1cc(N)c([N+](=O)[O-])cc1OC. The Kier molecular flexibility index (Phi) is 3.98. The van der Waals surface area contributed by atoms with E-state index in [1.165, 1.54) is 26.4 Å². The van der Waals surface area contributed by atoms with Crippen molar-refractivity contribution in [1.29, 1.82) is 0 Å². The molecule has 0 heterocycles. The maximum Gasteiger partial charge on any atom is 0.315 e. The van der Waals surface area contributed by atoms with Crippen molar-refractivity contribution in [2.75, 3.05) is 20.0 Å². The molecule has 7 nitrogen and oxygen atoms in total. The van der Waals surface area contributed by atoms with Crippen LogP contribution >= 0.6 is 0 Å². The summed E-state index contributed by atoms with van der Waals surface area (Å²) in [6, 6.07) is 2.57. The quantitative estimate of drug-likeness (QED) is 0.385. The van der Waals surface area contributed by atoms with Gasteiger partial charge >= 0.3 is 5.97 Å². The molecular weight excluding hydrogens is 252 g/mol. The largest absolute Gasteiger partial charge is 0.496 e. The molecule has 0 aromatic heterocycles. The van der Waals surface area contributed by atoms with Crippen molar-refractivity contribution in [3.63, 3.8) is 0 Å². The summed E-state index contributed by atoms with van der Waals surface area (Å²) < 4.78 is 9.82. The second kappa shape index (κ2) is 5.13. The van der Waals surface area contributed by atoms with Gasteiger partial charge in [0.15, 0.2) is 0 Å². The van der Waals surface area contributed by atoms with Gasteiger partial charge in [-0.2, -0.15) is 0 Å². The number of nitrogens with zero attached hydrogens (tertiary/aromatic N) is 1. The van der Waals surface area contributed by atoms with E-state index >= 15 is 0 Å². The first-order valence-electron chi connectivity index (χ1n) is 5.46. The summed E-state index contributed by atoms with van der Waals surface area (Å²) in [7, 11) is 2.64. The molecule has 7 heteroatoms. The number of hydrogen-bond acceptors (Lipinski definition) is 6. The molecule has 0 aliphatic rings. The van der Waals surface area contributed by atoms with Crippen LogP contribution in [0.1, 0.15) is 19.4 Å².